The van der Waals surface area contributed by atoms with Crippen LogP contribution in [-0.2, 0) is 10.0 Å². The third-order valence-corrected chi connectivity index (χ3v) is 5.03. The van der Waals surface area contributed by atoms with E-state index in [0.29, 0.717) is 6.54 Å². The number of carbonyl (C=O) groups is 1. The average Bonchev–Trinajstić information content (AvgIpc) is 2.69. The van der Waals surface area contributed by atoms with Crippen LogP contribution < -0.4 is 5.14 Å². The van der Waals surface area contributed by atoms with Gasteiger partial charge in [-0.05, 0) is 45.7 Å². The summed E-state index contributed by atoms with van der Waals surface area (Å²) in [6.07, 6.45) is 1.73. The molecule has 0 saturated carbocycles. The van der Waals surface area contributed by atoms with Crippen LogP contribution in [0.3, 0.4) is 0 Å². The molecule has 1 saturated heterocycles. The third-order valence-electron chi connectivity index (χ3n) is 4.00. The van der Waals surface area contributed by atoms with E-state index in [2.05, 4.69) is 0 Å². The van der Waals surface area contributed by atoms with Crippen molar-refractivity contribution < 1.29 is 17.6 Å². The number of nitrogens with two attached hydrogens (primary N) is 1. The lowest BCUT2D eigenvalue weighted by Crippen LogP contribution is -2.42. The number of benzene rings is 1. The Balaban J connectivity index is 2.51. The van der Waals surface area contributed by atoms with Gasteiger partial charge in [0.1, 0.15) is 5.82 Å². The molecule has 1 heterocycles. The zero-order chi connectivity index (χ0) is 16.0. The van der Waals surface area contributed by atoms with E-state index in [4.69, 9.17) is 5.14 Å². The Morgan fingerprint density at radius 1 is 1.38 bits per heavy atom. The highest BCUT2D eigenvalue weighted by Crippen LogP contribution is 2.30. The van der Waals surface area contributed by atoms with E-state index in [1.54, 1.807) is 4.90 Å². The molecule has 0 aliphatic carbocycles. The SMILES string of the molecule is Cc1c(F)cc(C(=O)N2CCCC2(C)C)cc1S(N)(=O)=O. The lowest BCUT2D eigenvalue weighted by atomic mass is 10.0. The Labute approximate surface area is 124 Å². The van der Waals surface area contributed by atoms with Gasteiger partial charge in [0, 0.05) is 23.2 Å². The fourth-order valence-corrected chi connectivity index (χ4v) is 3.53. The van der Waals surface area contributed by atoms with Gasteiger partial charge in [-0.3, -0.25) is 4.79 Å². The first kappa shape index (κ1) is 15.9. The molecule has 1 aliphatic rings. The van der Waals surface area contributed by atoms with E-state index in [1.165, 1.54) is 6.92 Å². The largest absolute Gasteiger partial charge is 0.334 e. The van der Waals surface area contributed by atoms with E-state index in [-0.39, 0.29) is 27.5 Å². The molecule has 0 unspecified atom stereocenters. The van der Waals surface area contributed by atoms with E-state index < -0.39 is 15.8 Å². The second kappa shape index (κ2) is 5.06. The number of nitrogens with zero attached hydrogens (tertiary/aromatic N) is 1. The molecule has 0 atom stereocenters. The topological polar surface area (TPSA) is 80.5 Å². The second-order valence-electron chi connectivity index (χ2n) is 6.00. The molecule has 0 bridgehead atoms. The molecule has 0 aromatic heterocycles. The van der Waals surface area contributed by atoms with Gasteiger partial charge < -0.3 is 4.90 Å². The van der Waals surface area contributed by atoms with Gasteiger partial charge in [0.25, 0.3) is 5.91 Å². The van der Waals surface area contributed by atoms with Crippen molar-refractivity contribution in [1.82, 2.24) is 4.90 Å². The van der Waals surface area contributed by atoms with Crippen LogP contribution in [0.25, 0.3) is 0 Å². The van der Waals surface area contributed by atoms with Gasteiger partial charge in [-0.1, -0.05) is 0 Å². The maximum Gasteiger partial charge on any atom is 0.254 e. The van der Waals surface area contributed by atoms with Crippen LogP contribution in [0.5, 0.6) is 0 Å². The van der Waals surface area contributed by atoms with Crippen molar-refractivity contribution in [2.75, 3.05) is 6.54 Å². The minimum atomic E-state index is -4.08. The summed E-state index contributed by atoms with van der Waals surface area (Å²) in [6.45, 7) is 5.77. The van der Waals surface area contributed by atoms with Crippen molar-refractivity contribution in [3.8, 4) is 0 Å². The molecule has 5 nitrogen and oxygen atoms in total. The van der Waals surface area contributed by atoms with Crippen molar-refractivity contribution in [2.45, 2.75) is 44.0 Å². The molecular formula is C14H19FN2O3S. The highest BCUT2D eigenvalue weighted by molar-refractivity contribution is 7.89. The number of sulfonamides is 1. The van der Waals surface area contributed by atoms with Crippen molar-refractivity contribution in [3.63, 3.8) is 0 Å². The lowest BCUT2D eigenvalue weighted by Gasteiger charge is -2.31. The van der Waals surface area contributed by atoms with E-state index in [1.807, 2.05) is 13.8 Å². The van der Waals surface area contributed by atoms with E-state index >= 15 is 0 Å². The summed E-state index contributed by atoms with van der Waals surface area (Å²) < 4.78 is 37.0. The molecule has 2 rings (SSSR count). The van der Waals surface area contributed by atoms with Crippen molar-refractivity contribution in [2.24, 2.45) is 5.14 Å². The van der Waals surface area contributed by atoms with Gasteiger partial charge in [0.2, 0.25) is 10.0 Å². The van der Waals surface area contributed by atoms with Crippen LogP contribution in [-0.4, -0.2) is 31.3 Å². The van der Waals surface area contributed by atoms with Crippen LogP contribution in [0.1, 0.15) is 42.6 Å². The fraction of sp³-hybridized carbons (Fsp3) is 0.500. The lowest BCUT2D eigenvalue weighted by molar-refractivity contribution is 0.0651. The number of primary sulfonamides is 1. The molecule has 2 N–H and O–H groups in total. The molecule has 1 aromatic carbocycles. The second-order valence-corrected chi connectivity index (χ2v) is 7.53. The molecule has 1 aliphatic heterocycles. The first-order chi connectivity index (χ1) is 9.54. The number of likely N-dealkylation sites (tertiary alicyclic amines) is 1. The van der Waals surface area contributed by atoms with E-state index in [0.717, 1.165) is 25.0 Å². The molecule has 21 heavy (non-hydrogen) atoms. The minimum Gasteiger partial charge on any atom is -0.334 e. The van der Waals surface area contributed by atoms with Crippen LogP contribution in [0, 0.1) is 12.7 Å². The number of halogens is 1. The molecular weight excluding hydrogens is 295 g/mol. The summed E-state index contributed by atoms with van der Waals surface area (Å²) in [5, 5.41) is 5.08. The van der Waals surface area contributed by atoms with Crippen molar-refractivity contribution >= 4 is 15.9 Å². The molecule has 0 spiro atoms. The smallest absolute Gasteiger partial charge is 0.254 e. The molecule has 1 amide bonds. The zero-order valence-electron chi connectivity index (χ0n) is 12.3. The fourth-order valence-electron chi connectivity index (χ4n) is 2.71. The highest BCUT2D eigenvalue weighted by atomic mass is 32.2. The predicted molar refractivity (Wildman–Crippen MR) is 76.9 cm³/mol. The van der Waals surface area contributed by atoms with Gasteiger partial charge >= 0.3 is 0 Å². The Hall–Kier alpha value is -1.47. The molecule has 1 aromatic rings. The summed E-state index contributed by atoms with van der Waals surface area (Å²) in [6, 6.07) is 2.23. The maximum atomic E-state index is 13.9. The number of hydrogen-bond acceptors (Lipinski definition) is 3. The van der Waals surface area contributed by atoms with Crippen LogP contribution >= 0.6 is 0 Å². The number of rotatable bonds is 2. The Morgan fingerprint density at radius 3 is 2.48 bits per heavy atom. The predicted octanol–water partition coefficient (Wildman–Crippen LogP) is 1.80. The quantitative estimate of drug-likeness (QED) is 0.904. The summed E-state index contributed by atoms with van der Waals surface area (Å²) in [4.78, 5) is 13.8. The van der Waals surface area contributed by atoms with Gasteiger partial charge in [0.05, 0.1) is 4.90 Å². The maximum absolute atomic E-state index is 13.9. The monoisotopic (exact) mass is 314 g/mol. The van der Waals surface area contributed by atoms with Crippen LogP contribution in [0.2, 0.25) is 0 Å². The Morgan fingerprint density at radius 2 is 2.00 bits per heavy atom. The minimum absolute atomic E-state index is 0.0112. The Bertz CT molecular complexity index is 698. The van der Waals surface area contributed by atoms with Crippen LogP contribution in [0.4, 0.5) is 4.39 Å². The molecule has 7 heteroatoms. The third kappa shape index (κ3) is 2.94. The highest BCUT2D eigenvalue weighted by Gasteiger charge is 2.36. The van der Waals surface area contributed by atoms with Crippen LogP contribution in [0.15, 0.2) is 17.0 Å². The summed E-state index contributed by atoms with van der Waals surface area (Å²) in [5.41, 5.74) is -0.382. The number of hydrogen-bond donors (Lipinski definition) is 1. The zero-order valence-corrected chi connectivity index (χ0v) is 13.1. The van der Waals surface area contributed by atoms with Crippen molar-refractivity contribution in [3.05, 3.63) is 29.1 Å². The normalized spacial score (nSPS) is 18.0. The first-order valence-corrected chi connectivity index (χ1v) is 8.23. The summed E-state index contributed by atoms with van der Waals surface area (Å²) >= 11 is 0. The summed E-state index contributed by atoms with van der Waals surface area (Å²) in [7, 11) is -4.08. The average molecular weight is 314 g/mol. The molecule has 116 valence electrons. The number of carbonyl (C=O) groups excluding carboxylic acids is 1. The van der Waals surface area contributed by atoms with E-state index in [9.17, 15) is 17.6 Å². The van der Waals surface area contributed by atoms with Gasteiger partial charge in [-0.15, -0.1) is 0 Å². The van der Waals surface area contributed by atoms with Gasteiger partial charge in [-0.25, -0.2) is 17.9 Å². The van der Waals surface area contributed by atoms with Gasteiger partial charge in [0.15, 0.2) is 0 Å². The van der Waals surface area contributed by atoms with Crippen molar-refractivity contribution in [1.29, 1.82) is 0 Å². The first-order valence-electron chi connectivity index (χ1n) is 6.69. The standard InChI is InChI=1S/C14H19FN2O3S/c1-9-11(15)7-10(8-12(9)21(16,19)20)13(18)17-6-4-5-14(17,2)3/h7-8H,4-6H2,1-3H3,(H2,16,19,20). The molecule has 1 fully saturated rings. The summed E-state index contributed by atoms with van der Waals surface area (Å²) in [5.74, 6) is -1.12. The molecule has 0 radical (unpaired) electrons. The number of amides is 1. The Kier molecular flexibility index (Phi) is 3.84. The van der Waals surface area contributed by atoms with Gasteiger partial charge in [-0.2, -0.15) is 0 Å².